The monoisotopic (exact) mass is 346 g/mol. The molecule has 2 amide bonds. The fraction of sp³-hybridized carbons (Fsp3) is 0.333. The summed E-state index contributed by atoms with van der Waals surface area (Å²) in [6, 6.07) is 9.07. The van der Waals surface area contributed by atoms with Gasteiger partial charge in [0.25, 0.3) is 5.91 Å². The summed E-state index contributed by atoms with van der Waals surface area (Å²) in [6.45, 7) is 6.23. The normalized spacial score (nSPS) is 10.3. The minimum atomic E-state index is -0.251. The molecule has 1 heterocycles. The number of benzene rings is 1. The van der Waals surface area contributed by atoms with Gasteiger partial charge in [0.05, 0.1) is 18.4 Å². The van der Waals surface area contributed by atoms with Gasteiger partial charge in [-0.15, -0.1) is 11.3 Å². The van der Waals surface area contributed by atoms with E-state index in [-0.39, 0.29) is 18.4 Å². The molecule has 1 aromatic heterocycles. The van der Waals surface area contributed by atoms with Crippen LogP contribution in [0.25, 0.3) is 0 Å². The Morgan fingerprint density at radius 3 is 2.54 bits per heavy atom. The van der Waals surface area contributed by atoms with Crippen molar-refractivity contribution in [3.63, 3.8) is 0 Å². The molecular weight excluding hydrogens is 324 g/mol. The lowest BCUT2D eigenvalue weighted by Crippen LogP contribution is -2.38. The quantitative estimate of drug-likeness (QED) is 0.871. The van der Waals surface area contributed by atoms with Crippen LogP contribution in [0, 0.1) is 13.8 Å². The Morgan fingerprint density at radius 1 is 1.25 bits per heavy atom. The number of likely N-dealkylation sites (N-methyl/N-ethyl adjacent to an activating group) is 1. The van der Waals surface area contributed by atoms with Gasteiger partial charge >= 0.3 is 0 Å². The summed E-state index contributed by atoms with van der Waals surface area (Å²) in [6.07, 6.45) is 0. The molecule has 5 nitrogen and oxygen atoms in total. The highest BCUT2D eigenvalue weighted by molar-refractivity contribution is 7.12. The zero-order valence-corrected chi connectivity index (χ0v) is 15.2. The lowest BCUT2D eigenvalue weighted by atomic mass is 10.2. The van der Waals surface area contributed by atoms with E-state index in [0.717, 1.165) is 9.75 Å². The first-order valence-corrected chi connectivity index (χ1v) is 8.57. The van der Waals surface area contributed by atoms with E-state index in [1.54, 1.807) is 35.5 Å². The Balaban J connectivity index is 2.08. The number of carbonyl (C=O) groups is 2. The van der Waals surface area contributed by atoms with Gasteiger partial charge in [-0.3, -0.25) is 9.59 Å². The van der Waals surface area contributed by atoms with Gasteiger partial charge in [-0.25, -0.2) is 0 Å². The second-order valence-electron chi connectivity index (χ2n) is 5.39. The number of aryl methyl sites for hydroxylation is 2. The SMILES string of the molecule is CCN(CC(=O)Nc1ccccc1OC)C(=O)c1cc(C)sc1C. The summed E-state index contributed by atoms with van der Waals surface area (Å²) in [5.74, 6) is 0.221. The average molecular weight is 346 g/mol. The molecule has 1 N–H and O–H groups in total. The second kappa shape index (κ2) is 7.97. The summed E-state index contributed by atoms with van der Waals surface area (Å²) in [4.78, 5) is 28.6. The molecule has 0 fully saturated rings. The summed E-state index contributed by atoms with van der Waals surface area (Å²) < 4.78 is 5.22. The molecule has 0 saturated heterocycles. The molecule has 1 aromatic carbocycles. The highest BCUT2D eigenvalue weighted by Gasteiger charge is 2.20. The van der Waals surface area contributed by atoms with Gasteiger partial charge in [0.1, 0.15) is 12.3 Å². The van der Waals surface area contributed by atoms with E-state index in [9.17, 15) is 9.59 Å². The summed E-state index contributed by atoms with van der Waals surface area (Å²) >= 11 is 1.59. The molecule has 0 spiro atoms. The number of thiophene rings is 1. The predicted molar refractivity (Wildman–Crippen MR) is 97.0 cm³/mol. The predicted octanol–water partition coefficient (Wildman–Crippen LogP) is 3.47. The minimum absolute atomic E-state index is 0.00170. The van der Waals surface area contributed by atoms with Gasteiger partial charge in [0, 0.05) is 16.3 Å². The molecular formula is C18H22N2O3S. The number of amides is 2. The maximum atomic E-state index is 12.6. The van der Waals surface area contributed by atoms with E-state index in [4.69, 9.17) is 4.74 Å². The topological polar surface area (TPSA) is 58.6 Å². The van der Waals surface area contributed by atoms with Crippen LogP contribution >= 0.6 is 11.3 Å². The highest BCUT2D eigenvalue weighted by atomic mass is 32.1. The lowest BCUT2D eigenvalue weighted by molar-refractivity contribution is -0.116. The van der Waals surface area contributed by atoms with Crippen molar-refractivity contribution in [3.05, 3.63) is 45.6 Å². The molecule has 24 heavy (non-hydrogen) atoms. The van der Waals surface area contributed by atoms with Crippen molar-refractivity contribution in [3.8, 4) is 5.75 Å². The number of carbonyl (C=O) groups excluding carboxylic acids is 2. The zero-order chi connectivity index (χ0) is 17.7. The zero-order valence-electron chi connectivity index (χ0n) is 14.4. The molecule has 6 heteroatoms. The smallest absolute Gasteiger partial charge is 0.255 e. The number of anilines is 1. The summed E-state index contributed by atoms with van der Waals surface area (Å²) in [7, 11) is 1.55. The summed E-state index contributed by atoms with van der Waals surface area (Å²) in [5, 5.41) is 2.80. The maximum Gasteiger partial charge on any atom is 0.255 e. The third kappa shape index (κ3) is 4.14. The van der Waals surface area contributed by atoms with E-state index in [2.05, 4.69) is 5.32 Å². The molecule has 0 aliphatic heterocycles. The third-order valence-corrected chi connectivity index (χ3v) is 4.62. The van der Waals surface area contributed by atoms with E-state index in [1.165, 1.54) is 0 Å². The standard InChI is InChI=1S/C18H22N2O3S/c1-5-20(18(22)14-10-12(2)24-13(14)3)11-17(21)19-15-8-6-7-9-16(15)23-4/h6-10H,5,11H2,1-4H3,(H,19,21). The second-order valence-corrected chi connectivity index (χ2v) is 6.86. The van der Waals surface area contributed by atoms with Crippen molar-refractivity contribution in [1.82, 2.24) is 4.90 Å². The van der Waals surface area contributed by atoms with Crippen molar-refractivity contribution in [1.29, 1.82) is 0 Å². The number of nitrogens with one attached hydrogen (secondary N) is 1. The minimum Gasteiger partial charge on any atom is -0.495 e. The number of ether oxygens (including phenoxy) is 1. The van der Waals surface area contributed by atoms with E-state index in [1.807, 2.05) is 39.0 Å². The molecule has 0 bridgehead atoms. The number of methoxy groups -OCH3 is 1. The van der Waals surface area contributed by atoms with Gasteiger partial charge in [0.15, 0.2) is 0 Å². The van der Waals surface area contributed by atoms with Crippen LogP contribution in [0.1, 0.15) is 27.0 Å². The highest BCUT2D eigenvalue weighted by Crippen LogP contribution is 2.24. The first-order valence-electron chi connectivity index (χ1n) is 7.75. The van der Waals surface area contributed by atoms with Crippen molar-refractivity contribution in [2.24, 2.45) is 0 Å². The van der Waals surface area contributed by atoms with Crippen molar-refractivity contribution < 1.29 is 14.3 Å². The first-order chi connectivity index (χ1) is 11.5. The maximum absolute atomic E-state index is 12.6. The third-order valence-electron chi connectivity index (χ3n) is 3.66. The van der Waals surface area contributed by atoms with Crippen LogP contribution in [0.5, 0.6) is 5.75 Å². The van der Waals surface area contributed by atoms with E-state index >= 15 is 0 Å². The fourth-order valence-corrected chi connectivity index (χ4v) is 3.37. The molecule has 0 unspecified atom stereocenters. The van der Waals surface area contributed by atoms with Crippen LogP contribution in [-0.4, -0.2) is 36.9 Å². The Bertz CT molecular complexity index is 740. The first kappa shape index (κ1) is 18.0. The molecule has 2 rings (SSSR count). The number of nitrogens with zero attached hydrogens (tertiary/aromatic N) is 1. The number of hydrogen-bond acceptors (Lipinski definition) is 4. The average Bonchev–Trinajstić information content (AvgIpc) is 2.91. The van der Waals surface area contributed by atoms with Crippen molar-refractivity contribution in [2.75, 3.05) is 25.5 Å². The summed E-state index contributed by atoms with van der Waals surface area (Å²) in [5.41, 5.74) is 1.26. The van der Waals surface area contributed by atoms with Crippen LogP contribution in [0.15, 0.2) is 30.3 Å². The van der Waals surface area contributed by atoms with Crippen LogP contribution in [0.3, 0.4) is 0 Å². The molecule has 2 aromatic rings. The lowest BCUT2D eigenvalue weighted by Gasteiger charge is -2.20. The van der Waals surface area contributed by atoms with Crippen LogP contribution in [0.4, 0.5) is 5.69 Å². The van der Waals surface area contributed by atoms with Gasteiger partial charge < -0.3 is 15.0 Å². The Morgan fingerprint density at radius 2 is 1.96 bits per heavy atom. The van der Waals surface area contributed by atoms with Crippen LogP contribution < -0.4 is 10.1 Å². The Labute approximate surface area is 146 Å². The molecule has 128 valence electrons. The van der Waals surface area contributed by atoms with E-state index < -0.39 is 0 Å². The Kier molecular flexibility index (Phi) is 5.98. The van der Waals surface area contributed by atoms with E-state index in [0.29, 0.717) is 23.5 Å². The van der Waals surface area contributed by atoms with Crippen molar-refractivity contribution in [2.45, 2.75) is 20.8 Å². The molecule has 0 aliphatic carbocycles. The number of rotatable bonds is 6. The van der Waals surface area contributed by atoms with Gasteiger partial charge in [-0.2, -0.15) is 0 Å². The molecule has 0 atom stereocenters. The number of hydrogen-bond donors (Lipinski definition) is 1. The van der Waals surface area contributed by atoms with Gasteiger partial charge in [-0.05, 0) is 39.0 Å². The van der Waals surface area contributed by atoms with Gasteiger partial charge in [0.2, 0.25) is 5.91 Å². The largest absolute Gasteiger partial charge is 0.495 e. The van der Waals surface area contributed by atoms with Crippen LogP contribution in [0.2, 0.25) is 0 Å². The number of para-hydroxylation sites is 2. The fourth-order valence-electron chi connectivity index (χ4n) is 2.45. The molecule has 0 saturated carbocycles. The van der Waals surface area contributed by atoms with Crippen molar-refractivity contribution >= 4 is 28.8 Å². The molecule has 0 aliphatic rings. The Hall–Kier alpha value is -2.34. The van der Waals surface area contributed by atoms with Gasteiger partial charge in [-0.1, -0.05) is 12.1 Å². The van der Waals surface area contributed by atoms with Crippen LogP contribution in [-0.2, 0) is 4.79 Å². The molecule has 0 radical (unpaired) electrons.